The van der Waals surface area contributed by atoms with E-state index in [1.807, 2.05) is 6.92 Å². The summed E-state index contributed by atoms with van der Waals surface area (Å²) in [5.41, 5.74) is 1.25. The Hall–Kier alpha value is -0.960. The quantitative estimate of drug-likeness (QED) is 0.588. The first kappa shape index (κ1) is 14.1. The van der Waals surface area contributed by atoms with E-state index < -0.39 is 0 Å². The van der Waals surface area contributed by atoms with Crippen LogP contribution in [0.2, 0.25) is 0 Å². The first-order valence-electron chi connectivity index (χ1n) is 6.68. The van der Waals surface area contributed by atoms with Gasteiger partial charge in [-0.15, -0.1) is 0 Å². The maximum atomic E-state index is 5.90. The first-order chi connectivity index (χ1) is 8.19. The van der Waals surface area contributed by atoms with Crippen LogP contribution in [0.4, 0.5) is 0 Å². The molecule has 1 rings (SSSR count). The lowest BCUT2D eigenvalue weighted by Gasteiger charge is -2.33. The van der Waals surface area contributed by atoms with Crippen molar-refractivity contribution in [3.63, 3.8) is 0 Å². The van der Waals surface area contributed by atoms with E-state index in [9.17, 15) is 0 Å². The van der Waals surface area contributed by atoms with Gasteiger partial charge in [-0.1, -0.05) is 13.0 Å². The summed E-state index contributed by atoms with van der Waals surface area (Å²) >= 11 is 0. The van der Waals surface area contributed by atoms with E-state index in [1.165, 1.54) is 5.70 Å². The standard InChI is InChI=1S/C14H26N2O/c1-5-7-13(14(6-2)17-12(3)4)16-10-8-15-9-11-16/h6-7,12,15H,5,8-11H2,1-4H3/b13-7+,14-6+. The molecule has 0 unspecified atom stereocenters. The predicted molar refractivity (Wildman–Crippen MR) is 72.8 cm³/mol. The molecule has 98 valence electrons. The van der Waals surface area contributed by atoms with Crippen LogP contribution in [0.15, 0.2) is 23.6 Å². The molecule has 0 aliphatic carbocycles. The monoisotopic (exact) mass is 238 g/mol. The number of allylic oxidation sites excluding steroid dienone is 2. The number of nitrogens with one attached hydrogen (secondary N) is 1. The Morgan fingerprint density at radius 3 is 2.47 bits per heavy atom. The molecule has 1 heterocycles. The molecule has 1 aliphatic rings. The molecule has 0 amide bonds. The van der Waals surface area contributed by atoms with Crippen molar-refractivity contribution in [2.24, 2.45) is 0 Å². The average Bonchev–Trinajstić information content (AvgIpc) is 2.34. The highest BCUT2D eigenvalue weighted by Crippen LogP contribution is 2.19. The second kappa shape index (κ2) is 7.38. The minimum atomic E-state index is 0.226. The van der Waals surface area contributed by atoms with Gasteiger partial charge in [0.2, 0.25) is 0 Å². The van der Waals surface area contributed by atoms with Gasteiger partial charge < -0.3 is 15.0 Å². The van der Waals surface area contributed by atoms with Crippen LogP contribution >= 0.6 is 0 Å². The van der Waals surface area contributed by atoms with Gasteiger partial charge in [0.1, 0.15) is 5.76 Å². The van der Waals surface area contributed by atoms with Crippen LogP contribution in [0.25, 0.3) is 0 Å². The van der Waals surface area contributed by atoms with Crippen LogP contribution in [-0.4, -0.2) is 37.2 Å². The van der Waals surface area contributed by atoms with Crippen molar-refractivity contribution in [1.82, 2.24) is 10.2 Å². The number of nitrogens with zero attached hydrogens (tertiary/aromatic N) is 1. The maximum absolute atomic E-state index is 5.90. The maximum Gasteiger partial charge on any atom is 0.138 e. The van der Waals surface area contributed by atoms with Gasteiger partial charge in [-0.3, -0.25) is 0 Å². The predicted octanol–water partition coefficient (Wildman–Crippen LogP) is 2.51. The smallest absolute Gasteiger partial charge is 0.138 e. The fraction of sp³-hybridized carbons (Fsp3) is 0.714. The van der Waals surface area contributed by atoms with Crippen LogP contribution in [0.3, 0.4) is 0 Å². The van der Waals surface area contributed by atoms with Gasteiger partial charge in [0.25, 0.3) is 0 Å². The van der Waals surface area contributed by atoms with E-state index in [4.69, 9.17) is 4.74 Å². The van der Waals surface area contributed by atoms with Crippen LogP contribution in [0.5, 0.6) is 0 Å². The van der Waals surface area contributed by atoms with Crippen LogP contribution in [0, 0.1) is 0 Å². The first-order valence-corrected chi connectivity index (χ1v) is 6.68. The molecular weight excluding hydrogens is 212 g/mol. The number of hydrogen-bond acceptors (Lipinski definition) is 3. The second-order valence-corrected chi connectivity index (χ2v) is 4.55. The van der Waals surface area contributed by atoms with Crippen LogP contribution in [0.1, 0.15) is 34.1 Å². The van der Waals surface area contributed by atoms with E-state index >= 15 is 0 Å². The van der Waals surface area contributed by atoms with Crippen molar-refractivity contribution in [3.8, 4) is 0 Å². The Bertz CT molecular complexity index is 276. The van der Waals surface area contributed by atoms with Crippen molar-refractivity contribution in [2.45, 2.75) is 40.2 Å². The third-order valence-electron chi connectivity index (χ3n) is 2.73. The lowest BCUT2D eigenvalue weighted by molar-refractivity contribution is 0.137. The van der Waals surface area contributed by atoms with Crippen molar-refractivity contribution >= 4 is 0 Å². The molecule has 1 aliphatic heterocycles. The zero-order chi connectivity index (χ0) is 12.7. The van der Waals surface area contributed by atoms with Gasteiger partial charge in [0, 0.05) is 26.2 Å². The zero-order valence-electron chi connectivity index (χ0n) is 11.6. The van der Waals surface area contributed by atoms with Crippen molar-refractivity contribution < 1.29 is 4.74 Å². The highest BCUT2D eigenvalue weighted by Gasteiger charge is 2.17. The molecule has 0 spiro atoms. The van der Waals surface area contributed by atoms with Gasteiger partial charge in [0.15, 0.2) is 0 Å². The van der Waals surface area contributed by atoms with Gasteiger partial charge >= 0.3 is 0 Å². The molecule has 1 fully saturated rings. The highest BCUT2D eigenvalue weighted by atomic mass is 16.5. The minimum absolute atomic E-state index is 0.226. The summed E-state index contributed by atoms with van der Waals surface area (Å²) in [6, 6.07) is 0. The lowest BCUT2D eigenvalue weighted by Crippen LogP contribution is -2.43. The molecule has 0 bridgehead atoms. The molecule has 17 heavy (non-hydrogen) atoms. The second-order valence-electron chi connectivity index (χ2n) is 4.55. The summed E-state index contributed by atoms with van der Waals surface area (Å²) in [5.74, 6) is 1.02. The molecule has 0 radical (unpaired) electrons. The number of ether oxygens (including phenoxy) is 1. The summed E-state index contributed by atoms with van der Waals surface area (Å²) in [7, 11) is 0. The van der Waals surface area contributed by atoms with Gasteiger partial charge in [0.05, 0.1) is 11.8 Å². The molecule has 0 atom stereocenters. The van der Waals surface area contributed by atoms with E-state index in [2.05, 4.69) is 43.1 Å². The zero-order valence-corrected chi connectivity index (χ0v) is 11.6. The molecule has 1 N–H and O–H groups in total. The average molecular weight is 238 g/mol. The minimum Gasteiger partial charge on any atom is -0.489 e. The van der Waals surface area contributed by atoms with Crippen LogP contribution < -0.4 is 5.32 Å². The largest absolute Gasteiger partial charge is 0.489 e. The van der Waals surface area contributed by atoms with E-state index in [-0.39, 0.29) is 6.10 Å². The normalized spacial score (nSPS) is 18.8. The van der Waals surface area contributed by atoms with E-state index in [1.54, 1.807) is 0 Å². The number of piperazine rings is 1. The summed E-state index contributed by atoms with van der Waals surface area (Å²) in [6.07, 6.45) is 5.61. The molecular formula is C14H26N2O. The summed E-state index contributed by atoms with van der Waals surface area (Å²) in [4.78, 5) is 2.41. The Morgan fingerprint density at radius 2 is 2.00 bits per heavy atom. The molecule has 3 heteroatoms. The summed E-state index contributed by atoms with van der Waals surface area (Å²) in [6.45, 7) is 12.6. The topological polar surface area (TPSA) is 24.5 Å². The fourth-order valence-electron chi connectivity index (χ4n) is 2.01. The molecule has 0 saturated carbocycles. The Labute approximate surface area is 106 Å². The molecule has 0 aromatic heterocycles. The number of rotatable bonds is 5. The number of hydrogen-bond donors (Lipinski definition) is 1. The third-order valence-corrected chi connectivity index (χ3v) is 2.73. The molecule has 0 aromatic rings. The molecule has 0 aromatic carbocycles. The Morgan fingerprint density at radius 1 is 1.35 bits per heavy atom. The van der Waals surface area contributed by atoms with Gasteiger partial charge in [-0.2, -0.15) is 0 Å². The molecule has 3 nitrogen and oxygen atoms in total. The third kappa shape index (κ3) is 4.43. The summed E-state index contributed by atoms with van der Waals surface area (Å²) < 4.78 is 5.90. The fourth-order valence-corrected chi connectivity index (χ4v) is 2.01. The van der Waals surface area contributed by atoms with Crippen LogP contribution in [-0.2, 0) is 4.74 Å². The lowest BCUT2D eigenvalue weighted by atomic mass is 10.2. The van der Waals surface area contributed by atoms with Gasteiger partial charge in [-0.05, 0) is 33.3 Å². The summed E-state index contributed by atoms with van der Waals surface area (Å²) in [5, 5.41) is 3.38. The van der Waals surface area contributed by atoms with Crippen molar-refractivity contribution in [1.29, 1.82) is 0 Å². The van der Waals surface area contributed by atoms with Crippen molar-refractivity contribution in [3.05, 3.63) is 23.6 Å². The Balaban J connectivity index is 2.79. The van der Waals surface area contributed by atoms with E-state index in [0.717, 1.165) is 38.4 Å². The molecule has 1 saturated heterocycles. The SMILES string of the molecule is C/C=C(OC(C)C)\C(=C/CC)N1CCNCC1. The van der Waals surface area contributed by atoms with Crippen molar-refractivity contribution in [2.75, 3.05) is 26.2 Å². The Kier molecular flexibility index (Phi) is 6.12. The highest BCUT2D eigenvalue weighted by molar-refractivity contribution is 5.25. The van der Waals surface area contributed by atoms with E-state index in [0.29, 0.717) is 0 Å². The van der Waals surface area contributed by atoms with Gasteiger partial charge in [-0.25, -0.2) is 0 Å².